The van der Waals surface area contributed by atoms with Gasteiger partial charge >= 0.3 is 11.9 Å². The molecule has 228 valence electrons. The summed E-state index contributed by atoms with van der Waals surface area (Å²) in [6, 6.07) is 0. The van der Waals surface area contributed by atoms with E-state index in [4.69, 9.17) is 18.6 Å². The molecule has 6 nitrogen and oxygen atoms in total. The van der Waals surface area contributed by atoms with Crippen molar-refractivity contribution in [1.29, 1.82) is 0 Å². The smallest absolute Gasteiger partial charge is 0.302 e. The quantitative estimate of drug-likeness (QED) is 0.174. The summed E-state index contributed by atoms with van der Waals surface area (Å²) in [5, 5.41) is 0. The first kappa shape index (κ1) is 30.6. The van der Waals surface area contributed by atoms with Gasteiger partial charge in [0.1, 0.15) is 23.9 Å². The Morgan fingerprint density at radius 3 is 2.34 bits per heavy atom. The molecule has 9 atom stereocenters. The molecule has 3 fully saturated rings. The summed E-state index contributed by atoms with van der Waals surface area (Å²) in [6.45, 7) is 22.9. The predicted octanol–water partition coefficient (Wildman–Crippen LogP) is 7.65. The molecule has 1 heterocycles. The van der Waals surface area contributed by atoms with Crippen molar-refractivity contribution in [2.45, 2.75) is 136 Å². The van der Waals surface area contributed by atoms with Gasteiger partial charge in [0, 0.05) is 25.8 Å². The van der Waals surface area contributed by atoms with Crippen LogP contribution in [-0.2, 0) is 28.2 Å². The van der Waals surface area contributed by atoms with Crippen molar-refractivity contribution in [3.63, 3.8) is 0 Å². The third-order valence-electron chi connectivity index (χ3n) is 11.4. The van der Waals surface area contributed by atoms with Gasteiger partial charge in [-0.2, -0.15) is 0 Å². The SMILES string of the molecule is C=C(C)CCC1=C(C)[C@@]2(O[Si](C)(C)C)[C@H](C=C3[C@@H]4CC[C@H]5C[C@@H](OC(C)=O)CC[C@]5(C)[C@H]4C[C@@H](OC(C)=O)[C@@]32C)O1. The lowest BCUT2D eigenvalue weighted by Crippen LogP contribution is -2.65. The molecule has 0 aromatic carbocycles. The van der Waals surface area contributed by atoms with Gasteiger partial charge in [0.15, 0.2) is 8.32 Å². The Kier molecular flexibility index (Phi) is 7.75. The minimum atomic E-state index is -2.08. The minimum Gasteiger partial charge on any atom is -0.487 e. The number of carbonyl (C=O) groups is 2. The van der Waals surface area contributed by atoms with Crippen molar-refractivity contribution < 1.29 is 28.2 Å². The summed E-state index contributed by atoms with van der Waals surface area (Å²) in [7, 11) is -2.08. The van der Waals surface area contributed by atoms with Crippen LogP contribution in [0.5, 0.6) is 0 Å². The number of hydrogen-bond acceptors (Lipinski definition) is 6. The highest BCUT2D eigenvalue weighted by molar-refractivity contribution is 6.69. The summed E-state index contributed by atoms with van der Waals surface area (Å²) >= 11 is 0. The highest BCUT2D eigenvalue weighted by atomic mass is 28.4. The summed E-state index contributed by atoms with van der Waals surface area (Å²) < 4.78 is 26.3. The monoisotopic (exact) mass is 584 g/mol. The summed E-state index contributed by atoms with van der Waals surface area (Å²) in [5.74, 6) is 1.86. The van der Waals surface area contributed by atoms with E-state index in [2.05, 4.69) is 60.0 Å². The molecule has 1 aliphatic heterocycles. The van der Waals surface area contributed by atoms with Crippen LogP contribution in [0.15, 0.2) is 35.1 Å². The highest BCUT2D eigenvalue weighted by Gasteiger charge is 2.73. The molecule has 5 rings (SSSR count). The van der Waals surface area contributed by atoms with Crippen LogP contribution in [0.1, 0.15) is 92.9 Å². The maximum Gasteiger partial charge on any atom is 0.302 e. The van der Waals surface area contributed by atoms with E-state index in [0.29, 0.717) is 17.8 Å². The lowest BCUT2D eigenvalue weighted by molar-refractivity contribution is -0.184. The molecule has 0 amide bonds. The van der Waals surface area contributed by atoms with Gasteiger partial charge in [0.25, 0.3) is 0 Å². The average molecular weight is 585 g/mol. The third kappa shape index (κ3) is 4.87. The molecule has 0 N–H and O–H groups in total. The second-order valence-corrected chi connectivity index (χ2v) is 19.6. The molecule has 0 bridgehead atoms. The van der Waals surface area contributed by atoms with Crippen molar-refractivity contribution in [3.8, 4) is 0 Å². The Balaban J connectivity index is 1.58. The Morgan fingerprint density at radius 2 is 1.73 bits per heavy atom. The molecule has 41 heavy (non-hydrogen) atoms. The van der Waals surface area contributed by atoms with Crippen LogP contribution in [0.3, 0.4) is 0 Å². The van der Waals surface area contributed by atoms with Crippen LogP contribution in [0.4, 0.5) is 0 Å². The van der Waals surface area contributed by atoms with Gasteiger partial charge < -0.3 is 18.6 Å². The maximum atomic E-state index is 12.7. The zero-order valence-electron chi connectivity index (χ0n) is 26.9. The van der Waals surface area contributed by atoms with Crippen LogP contribution in [-0.4, -0.2) is 44.2 Å². The molecule has 0 saturated heterocycles. The molecule has 3 saturated carbocycles. The number of ether oxygens (including phenoxy) is 3. The molecule has 0 radical (unpaired) electrons. The molecule has 0 unspecified atom stereocenters. The Labute approximate surface area is 248 Å². The van der Waals surface area contributed by atoms with E-state index in [1.54, 1.807) is 6.92 Å². The second kappa shape index (κ2) is 10.4. The second-order valence-electron chi connectivity index (χ2n) is 15.2. The first-order chi connectivity index (χ1) is 19.0. The molecular formula is C34H52O6Si. The first-order valence-electron chi connectivity index (χ1n) is 15.8. The average Bonchev–Trinajstić information content (AvgIpc) is 3.24. The van der Waals surface area contributed by atoms with Gasteiger partial charge in [-0.05, 0) is 115 Å². The number of allylic oxidation sites excluding steroid dienone is 2. The molecular weight excluding hydrogens is 532 g/mol. The van der Waals surface area contributed by atoms with Crippen molar-refractivity contribution in [3.05, 3.63) is 35.1 Å². The van der Waals surface area contributed by atoms with Gasteiger partial charge in [0.05, 0.1) is 11.2 Å². The molecule has 0 aromatic heterocycles. The minimum absolute atomic E-state index is 0.0116. The summed E-state index contributed by atoms with van der Waals surface area (Å²) in [5.41, 5.74) is 2.58. The van der Waals surface area contributed by atoms with E-state index in [1.165, 1.54) is 12.5 Å². The lowest BCUT2D eigenvalue weighted by Gasteiger charge is -2.62. The number of esters is 2. The predicted molar refractivity (Wildman–Crippen MR) is 162 cm³/mol. The fourth-order valence-corrected chi connectivity index (χ4v) is 11.1. The van der Waals surface area contributed by atoms with Crippen LogP contribution >= 0.6 is 0 Å². The Hall–Kier alpha value is -1.86. The van der Waals surface area contributed by atoms with Gasteiger partial charge in [-0.25, -0.2) is 0 Å². The van der Waals surface area contributed by atoms with Gasteiger partial charge in [0.2, 0.25) is 0 Å². The molecule has 4 aliphatic carbocycles. The van der Waals surface area contributed by atoms with Crippen molar-refractivity contribution in [2.24, 2.45) is 28.6 Å². The normalized spacial score (nSPS) is 41.3. The Morgan fingerprint density at radius 1 is 1.05 bits per heavy atom. The van der Waals surface area contributed by atoms with Gasteiger partial charge in [-0.3, -0.25) is 9.59 Å². The molecule has 7 heteroatoms. The van der Waals surface area contributed by atoms with E-state index in [-0.39, 0.29) is 35.7 Å². The van der Waals surface area contributed by atoms with Crippen LogP contribution in [0, 0.1) is 28.6 Å². The van der Waals surface area contributed by atoms with Crippen LogP contribution < -0.4 is 0 Å². The first-order valence-corrected chi connectivity index (χ1v) is 19.2. The summed E-state index contributed by atoms with van der Waals surface area (Å²) in [6.07, 6.45) is 9.42. The van der Waals surface area contributed by atoms with E-state index >= 15 is 0 Å². The van der Waals surface area contributed by atoms with Gasteiger partial charge in [-0.15, -0.1) is 6.58 Å². The highest BCUT2D eigenvalue weighted by Crippen LogP contribution is 2.70. The zero-order chi connectivity index (χ0) is 30.1. The van der Waals surface area contributed by atoms with Crippen molar-refractivity contribution in [1.82, 2.24) is 0 Å². The number of hydrogen-bond donors (Lipinski definition) is 0. The topological polar surface area (TPSA) is 71.1 Å². The maximum absolute atomic E-state index is 12.7. The number of fused-ring (bicyclic) bond motifs is 7. The lowest BCUT2D eigenvalue weighted by atomic mass is 9.44. The number of carbonyl (C=O) groups excluding carboxylic acids is 2. The van der Waals surface area contributed by atoms with E-state index in [0.717, 1.165) is 68.3 Å². The molecule has 0 spiro atoms. The fraction of sp³-hybridized carbons (Fsp3) is 0.765. The number of rotatable bonds is 7. The van der Waals surface area contributed by atoms with Crippen molar-refractivity contribution in [2.75, 3.05) is 0 Å². The molecule has 5 aliphatic rings. The summed E-state index contributed by atoms with van der Waals surface area (Å²) in [4.78, 5) is 24.5. The van der Waals surface area contributed by atoms with Crippen LogP contribution in [0.25, 0.3) is 0 Å². The zero-order valence-corrected chi connectivity index (χ0v) is 27.9. The van der Waals surface area contributed by atoms with E-state index in [9.17, 15) is 9.59 Å². The van der Waals surface area contributed by atoms with E-state index in [1.807, 2.05) is 0 Å². The van der Waals surface area contributed by atoms with Crippen LogP contribution in [0.2, 0.25) is 19.6 Å². The molecule has 0 aromatic rings. The van der Waals surface area contributed by atoms with E-state index < -0.39 is 19.3 Å². The largest absolute Gasteiger partial charge is 0.487 e. The standard InChI is InChI=1S/C34H52O6Si/c1-20(2)11-14-29-21(3)34(40-41(8,9)10)31(39-29)19-28-26-13-12-24-17-25(37-22(4)35)15-16-32(24,6)27(26)18-30(33(28,34)7)38-23(5)36/h19,24-27,30-31H,1,11-18H2,2-10H3/t24-,25-,26+,27-,30+,31-,32-,33+,34+/m0/s1. The fourth-order valence-electron chi connectivity index (χ4n) is 9.70. The van der Waals surface area contributed by atoms with Crippen molar-refractivity contribution >= 4 is 20.3 Å². The third-order valence-corrected chi connectivity index (χ3v) is 12.3. The van der Waals surface area contributed by atoms with Gasteiger partial charge in [-0.1, -0.05) is 18.1 Å². The Bertz CT molecular complexity index is 1180.